The lowest BCUT2D eigenvalue weighted by Gasteiger charge is -2.30. The van der Waals surface area contributed by atoms with Gasteiger partial charge in [-0.3, -0.25) is 4.79 Å². The molecule has 1 saturated heterocycles. The number of nitrogens with one attached hydrogen (secondary N) is 1. The molecule has 1 aliphatic heterocycles. The van der Waals surface area contributed by atoms with Gasteiger partial charge in [0.15, 0.2) is 0 Å². The third-order valence-electron chi connectivity index (χ3n) is 5.36. The molecule has 0 radical (unpaired) electrons. The number of carbonyl (C=O) groups excluding carboxylic acids is 1. The van der Waals surface area contributed by atoms with Gasteiger partial charge in [-0.25, -0.2) is 4.98 Å². The molecule has 5 nitrogen and oxygen atoms in total. The zero-order valence-electron chi connectivity index (χ0n) is 17.7. The number of anilines is 1. The maximum absolute atomic E-state index is 12.6. The maximum Gasteiger partial charge on any atom is 0.258 e. The van der Waals surface area contributed by atoms with Gasteiger partial charge in [-0.15, -0.1) is 0 Å². The van der Waals surface area contributed by atoms with Crippen molar-refractivity contribution in [2.24, 2.45) is 5.92 Å². The van der Waals surface area contributed by atoms with E-state index in [2.05, 4.69) is 43.0 Å². The van der Waals surface area contributed by atoms with E-state index in [1.807, 2.05) is 18.2 Å². The zero-order valence-corrected chi connectivity index (χ0v) is 18.4. The normalized spacial score (nSPS) is 15.9. The molecular formula is C23H30ClN3O2. The van der Waals surface area contributed by atoms with E-state index in [-0.39, 0.29) is 16.5 Å². The van der Waals surface area contributed by atoms with E-state index in [0.29, 0.717) is 23.8 Å². The molecule has 0 unspecified atom stereocenters. The molecule has 1 aliphatic rings. The molecule has 0 spiro atoms. The monoisotopic (exact) mass is 415 g/mol. The van der Waals surface area contributed by atoms with E-state index >= 15 is 0 Å². The summed E-state index contributed by atoms with van der Waals surface area (Å²) in [6.45, 7) is 9.42. The third kappa shape index (κ3) is 5.71. The van der Waals surface area contributed by atoms with Crippen molar-refractivity contribution >= 4 is 23.2 Å². The third-order valence-corrected chi connectivity index (χ3v) is 5.67. The first-order chi connectivity index (χ1) is 13.7. The average molecular weight is 416 g/mol. The Morgan fingerprint density at radius 3 is 2.66 bits per heavy atom. The number of carbonyl (C=O) groups is 1. The molecule has 1 amide bonds. The molecule has 0 atom stereocenters. The van der Waals surface area contributed by atoms with E-state index in [1.54, 1.807) is 18.3 Å². The summed E-state index contributed by atoms with van der Waals surface area (Å²) in [6.07, 6.45) is 3.86. The van der Waals surface area contributed by atoms with Crippen LogP contribution in [-0.2, 0) is 5.41 Å². The van der Waals surface area contributed by atoms with Gasteiger partial charge in [0.25, 0.3) is 5.91 Å². The Morgan fingerprint density at radius 1 is 1.28 bits per heavy atom. The van der Waals surface area contributed by atoms with Crippen LogP contribution >= 0.6 is 11.6 Å². The minimum atomic E-state index is -0.284. The highest BCUT2D eigenvalue weighted by molar-refractivity contribution is 6.33. The quantitative estimate of drug-likeness (QED) is 0.697. The molecule has 0 aliphatic carbocycles. The number of hydrogen-bond acceptors (Lipinski definition) is 4. The van der Waals surface area contributed by atoms with Crippen molar-refractivity contribution < 1.29 is 9.53 Å². The van der Waals surface area contributed by atoms with Crippen LogP contribution in [0, 0.1) is 5.92 Å². The van der Waals surface area contributed by atoms with Gasteiger partial charge >= 0.3 is 0 Å². The van der Waals surface area contributed by atoms with Gasteiger partial charge in [0.2, 0.25) is 0 Å². The second kappa shape index (κ2) is 9.14. The van der Waals surface area contributed by atoms with Crippen LogP contribution < -0.4 is 10.1 Å². The maximum atomic E-state index is 12.6. The predicted octanol–water partition coefficient (Wildman–Crippen LogP) is 5.01. The average Bonchev–Trinajstić information content (AvgIpc) is 2.67. The molecule has 1 aromatic heterocycles. The highest BCUT2D eigenvalue weighted by Gasteiger charge is 2.22. The van der Waals surface area contributed by atoms with E-state index in [4.69, 9.17) is 16.3 Å². The zero-order chi connectivity index (χ0) is 21.0. The highest BCUT2D eigenvalue weighted by atomic mass is 35.5. The Labute approximate surface area is 178 Å². The smallest absolute Gasteiger partial charge is 0.258 e. The fraction of sp³-hybridized carbons (Fsp3) is 0.478. The lowest BCUT2D eigenvalue weighted by molar-refractivity contribution is 0.102. The number of pyridine rings is 1. The Morgan fingerprint density at radius 2 is 2.00 bits per heavy atom. The molecule has 1 aromatic carbocycles. The number of aromatic nitrogens is 1. The van der Waals surface area contributed by atoms with Crippen LogP contribution in [0.1, 0.15) is 49.5 Å². The second-order valence-electron chi connectivity index (χ2n) is 8.81. The van der Waals surface area contributed by atoms with Crippen LogP contribution in [0.5, 0.6) is 5.75 Å². The summed E-state index contributed by atoms with van der Waals surface area (Å²) in [5, 5.41) is 3.10. The summed E-state index contributed by atoms with van der Waals surface area (Å²) in [6, 6.07) is 9.21. The molecule has 2 heterocycles. The summed E-state index contributed by atoms with van der Waals surface area (Å²) in [4.78, 5) is 18.9. The predicted molar refractivity (Wildman–Crippen MR) is 118 cm³/mol. The minimum absolute atomic E-state index is 0.0582. The van der Waals surface area contributed by atoms with Crippen LogP contribution in [0.4, 0.5) is 5.69 Å². The molecule has 2 aromatic rings. The van der Waals surface area contributed by atoms with Crippen molar-refractivity contribution in [1.82, 2.24) is 9.88 Å². The standard InChI is InChI=1S/C23H30ClN3O2/c1-23(2,3)19-8-7-17(26-22(28)18-6-5-11-25-21(18)24)14-20(19)29-15-16-9-12-27(4)13-10-16/h5-8,11,14,16H,9-10,12-13,15H2,1-4H3,(H,26,28). The largest absolute Gasteiger partial charge is 0.493 e. The number of hydrogen-bond donors (Lipinski definition) is 1. The Kier molecular flexibility index (Phi) is 6.81. The van der Waals surface area contributed by atoms with E-state index in [1.165, 1.54) is 0 Å². The van der Waals surface area contributed by atoms with Crippen molar-refractivity contribution in [3.05, 3.63) is 52.8 Å². The molecule has 3 rings (SSSR count). The van der Waals surface area contributed by atoms with Crippen molar-refractivity contribution in [1.29, 1.82) is 0 Å². The van der Waals surface area contributed by atoms with Crippen LogP contribution in [0.25, 0.3) is 0 Å². The van der Waals surface area contributed by atoms with Gasteiger partial charge in [-0.05, 0) is 68.1 Å². The van der Waals surface area contributed by atoms with Gasteiger partial charge < -0.3 is 15.0 Å². The van der Waals surface area contributed by atoms with Crippen LogP contribution in [-0.4, -0.2) is 42.5 Å². The molecule has 156 valence electrons. The van der Waals surface area contributed by atoms with Crippen LogP contribution in [0.2, 0.25) is 5.15 Å². The molecule has 1 N–H and O–H groups in total. The van der Waals surface area contributed by atoms with Gasteiger partial charge in [-0.1, -0.05) is 38.4 Å². The number of ether oxygens (including phenoxy) is 1. The Hall–Kier alpha value is -2.11. The highest BCUT2D eigenvalue weighted by Crippen LogP contribution is 2.34. The number of nitrogens with zero attached hydrogens (tertiary/aromatic N) is 2. The van der Waals surface area contributed by atoms with E-state index < -0.39 is 0 Å². The van der Waals surface area contributed by atoms with Crippen molar-refractivity contribution in [2.75, 3.05) is 32.1 Å². The van der Waals surface area contributed by atoms with E-state index in [0.717, 1.165) is 37.2 Å². The van der Waals surface area contributed by atoms with Crippen molar-refractivity contribution in [2.45, 2.75) is 39.0 Å². The van der Waals surface area contributed by atoms with Gasteiger partial charge in [0.05, 0.1) is 12.2 Å². The molecule has 29 heavy (non-hydrogen) atoms. The summed E-state index contributed by atoms with van der Waals surface area (Å²) in [5.41, 5.74) is 2.10. The number of rotatable bonds is 5. The lowest BCUT2D eigenvalue weighted by atomic mass is 9.86. The topological polar surface area (TPSA) is 54.5 Å². The Bertz CT molecular complexity index is 855. The number of halogens is 1. The Balaban J connectivity index is 1.76. The molecule has 6 heteroatoms. The number of piperidine rings is 1. The van der Waals surface area contributed by atoms with Crippen molar-refractivity contribution in [3.8, 4) is 5.75 Å². The van der Waals surface area contributed by atoms with Gasteiger partial charge in [0, 0.05) is 18.0 Å². The number of amides is 1. The van der Waals surface area contributed by atoms with E-state index in [9.17, 15) is 4.79 Å². The van der Waals surface area contributed by atoms with Crippen LogP contribution in [0.3, 0.4) is 0 Å². The van der Waals surface area contributed by atoms with Crippen molar-refractivity contribution in [3.63, 3.8) is 0 Å². The first-order valence-electron chi connectivity index (χ1n) is 10.1. The first kappa shape index (κ1) is 21.6. The molecule has 0 bridgehead atoms. The second-order valence-corrected chi connectivity index (χ2v) is 9.17. The molecule has 0 saturated carbocycles. The first-order valence-corrected chi connectivity index (χ1v) is 10.5. The number of benzene rings is 1. The lowest BCUT2D eigenvalue weighted by Crippen LogP contribution is -2.32. The summed E-state index contributed by atoms with van der Waals surface area (Å²) < 4.78 is 6.28. The molecule has 1 fully saturated rings. The molecular weight excluding hydrogens is 386 g/mol. The van der Waals surface area contributed by atoms with Gasteiger partial charge in [0.1, 0.15) is 10.9 Å². The fourth-order valence-corrected chi connectivity index (χ4v) is 3.73. The minimum Gasteiger partial charge on any atom is -0.493 e. The fourth-order valence-electron chi connectivity index (χ4n) is 3.53. The summed E-state index contributed by atoms with van der Waals surface area (Å²) in [7, 11) is 2.16. The SMILES string of the molecule is CN1CCC(COc2cc(NC(=O)c3cccnc3Cl)ccc2C(C)(C)C)CC1. The van der Waals surface area contributed by atoms with Gasteiger partial charge in [-0.2, -0.15) is 0 Å². The number of likely N-dealkylation sites (tertiary alicyclic amines) is 1. The summed E-state index contributed by atoms with van der Waals surface area (Å²) >= 11 is 6.05. The summed E-state index contributed by atoms with van der Waals surface area (Å²) in [5.74, 6) is 1.10. The van der Waals surface area contributed by atoms with Crippen LogP contribution in [0.15, 0.2) is 36.5 Å².